The molecule has 0 radical (unpaired) electrons. The van der Waals surface area contributed by atoms with Crippen LogP contribution in [-0.2, 0) is 14.4 Å². The highest BCUT2D eigenvalue weighted by Crippen LogP contribution is 2.35. The molecule has 188 valence electrons. The van der Waals surface area contributed by atoms with E-state index in [4.69, 9.17) is 16.3 Å². The summed E-state index contributed by atoms with van der Waals surface area (Å²) in [5, 5.41) is 5.24. The molecule has 0 aromatic heterocycles. The van der Waals surface area contributed by atoms with Crippen molar-refractivity contribution in [3.8, 4) is 5.75 Å². The van der Waals surface area contributed by atoms with Crippen molar-refractivity contribution in [2.24, 2.45) is 0 Å². The van der Waals surface area contributed by atoms with Crippen molar-refractivity contribution in [2.45, 2.75) is 6.92 Å². The summed E-state index contributed by atoms with van der Waals surface area (Å²) in [6.45, 7) is 1.58. The van der Waals surface area contributed by atoms with E-state index in [-0.39, 0.29) is 23.6 Å². The van der Waals surface area contributed by atoms with Gasteiger partial charge in [0.15, 0.2) is 6.61 Å². The molecule has 1 aliphatic rings. The molecule has 1 fully saturated rings. The van der Waals surface area contributed by atoms with Gasteiger partial charge in [-0.3, -0.25) is 19.7 Å². The van der Waals surface area contributed by atoms with E-state index >= 15 is 0 Å². The second-order valence-electron chi connectivity index (χ2n) is 7.95. The minimum absolute atomic E-state index is 0.202. The van der Waals surface area contributed by atoms with Crippen LogP contribution in [0.3, 0.4) is 0 Å². The Balaban J connectivity index is 1.63. The zero-order valence-corrected chi connectivity index (χ0v) is 23.1. The average molecular weight is 648 g/mol. The predicted octanol–water partition coefficient (Wildman–Crippen LogP) is 5.86. The third-order valence-electron chi connectivity index (χ3n) is 5.15. The third kappa shape index (κ3) is 6.27. The molecule has 0 saturated carbocycles. The summed E-state index contributed by atoms with van der Waals surface area (Å²) in [6.07, 6.45) is 1.30. The molecular weight excluding hydrogens is 630 g/mol. The summed E-state index contributed by atoms with van der Waals surface area (Å²) >= 11 is 12.8. The van der Waals surface area contributed by atoms with E-state index in [1.165, 1.54) is 18.2 Å². The molecule has 37 heavy (non-hydrogen) atoms. The number of imide groups is 2. The molecule has 0 spiro atoms. The van der Waals surface area contributed by atoms with Crippen LogP contribution in [0.1, 0.15) is 11.1 Å². The SMILES string of the molecule is Cc1cccc(NC(=O)COc2c(Br)cc(Br)cc2/C=C2\C(=O)NC(=O)N(c3cccc(Cl)c3)C2=O)c1. The average Bonchev–Trinajstić information content (AvgIpc) is 2.81. The van der Waals surface area contributed by atoms with Crippen LogP contribution in [0.25, 0.3) is 6.08 Å². The Morgan fingerprint density at radius 1 is 1.08 bits per heavy atom. The highest BCUT2D eigenvalue weighted by molar-refractivity contribution is 9.11. The lowest BCUT2D eigenvalue weighted by atomic mass is 10.1. The van der Waals surface area contributed by atoms with Crippen LogP contribution in [-0.4, -0.2) is 30.4 Å². The molecule has 3 aromatic carbocycles. The molecule has 1 heterocycles. The van der Waals surface area contributed by atoms with Crippen molar-refractivity contribution in [1.82, 2.24) is 5.32 Å². The van der Waals surface area contributed by atoms with Crippen LogP contribution in [0, 0.1) is 6.92 Å². The van der Waals surface area contributed by atoms with Gasteiger partial charge in [0.2, 0.25) is 0 Å². The Hall–Kier alpha value is -3.47. The first-order valence-electron chi connectivity index (χ1n) is 10.8. The number of rotatable bonds is 6. The van der Waals surface area contributed by atoms with Crippen molar-refractivity contribution in [3.63, 3.8) is 0 Å². The Kier molecular flexibility index (Phi) is 8.11. The summed E-state index contributed by atoms with van der Waals surface area (Å²) < 4.78 is 6.88. The number of carbonyl (C=O) groups is 4. The molecule has 8 nitrogen and oxygen atoms in total. The normalized spacial score (nSPS) is 14.5. The third-order valence-corrected chi connectivity index (χ3v) is 6.44. The van der Waals surface area contributed by atoms with E-state index in [1.807, 2.05) is 25.1 Å². The molecular formula is C26H18Br2ClN3O5. The smallest absolute Gasteiger partial charge is 0.335 e. The summed E-state index contributed by atoms with van der Waals surface area (Å²) in [5.41, 5.74) is 1.83. The number of urea groups is 1. The first kappa shape index (κ1) is 26.6. The Labute approximate surface area is 233 Å². The monoisotopic (exact) mass is 645 g/mol. The molecule has 1 aliphatic heterocycles. The molecule has 0 unspecified atom stereocenters. The molecule has 0 aliphatic carbocycles. The highest BCUT2D eigenvalue weighted by Gasteiger charge is 2.37. The van der Waals surface area contributed by atoms with Crippen molar-refractivity contribution < 1.29 is 23.9 Å². The summed E-state index contributed by atoms with van der Waals surface area (Å²) in [5.74, 6) is -1.88. The van der Waals surface area contributed by atoms with Gasteiger partial charge in [-0.1, -0.05) is 45.7 Å². The van der Waals surface area contributed by atoms with Crippen molar-refractivity contribution in [3.05, 3.63) is 91.3 Å². The standard InChI is InChI=1S/C26H18Br2ClN3O5/c1-14-4-2-6-18(8-14)30-22(33)13-37-23-15(9-16(27)11-21(23)28)10-20-24(34)31-26(36)32(25(20)35)19-7-3-5-17(29)12-19/h2-12H,13H2,1H3,(H,30,33)(H,31,34,36)/b20-10+. The van der Waals surface area contributed by atoms with Gasteiger partial charge in [0, 0.05) is 20.7 Å². The fourth-order valence-corrected chi connectivity index (χ4v) is 5.12. The fraction of sp³-hybridized carbons (Fsp3) is 0.0769. The first-order valence-corrected chi connectivity index (χ1v) is 12.7. The highest BCUT2D eigenvalue weighted by atomic mass is 79.9. The minimum atomic E-state index is -0.894. The zero-order chi connectivity index (χ0) is 26.7. The number of amides is 5. The van der Waals surface area contributed by atoms with E-state index in [0.717, 1.165) is 10.5 Å². The molecule has 1 saturated heterocycles. The van der Waals surface area contributed by atoms with Crippen molar-refractivity contribution in [1.29, 1.82) is 0 Å². The zero-order valence-electron chi connectivity index (χ0n) is 19.2. The number of ether oxygens (including phenoxy) is 1. The molecule has 0 bridgehead atoms. The topological polar surface area (TPSA) is 105 Å². The van der Waals surface area contributed by atoms with Gasteiger partial charge in [-0.25, -0.2) is 9.69 Å². The second-order valence-corrected chi connectivity index (χ2v) is 10.2. The van der Waals surface area contributed by atoms with Crippen molar-refractivity contribution >= 4 is 84.7 Å². The minimum Gasteiger partial charge on any atom is -0.482 e. The molecule has 5 amide bonds. The maximum atomic E-state index is 13.2. The number of hydrogen-bond donors (Lipinski definition) is 2. The number of carbonyl (C=O) groups excluding carboxylic acids is 4. The Morgan fingerprint density at radius 2 is 1.84 bits per heavy atom. The number of halogens is 3. The predicted molar refractivity (Wildman–Crippen MR) is 148 cm³/mol. The van der Waals surface area contributed by atoms with Crippen LogP contribution in [0.5, 0.6) is 5.75 Å². The number of anilines is 2. The summed E-state index contributed by atoms with van der Waals surface area (Å²) in [4.78, 5) is 51.7. The quantitative estimate of drug-likeness (QED) is 0.258. The largest absolute Gasteiger partial charge is 0.482 e. The van der Waals surface area contributed by atoms with Gasteiger partial charge in [0.25, 0.3) is 17.7 Å². The van der Waals surface area contributed by atoms with Crippen LogP contribution < -0.4 is 20.3 Å². The fourth-order valence-electron chi connectivity index (χ4n) is 3.56. The lowest BCUT2D eigenvalue weighted by molar-refractivity contribution is -0.122. The van der Waals surface area contributed by atoms with E-state index < -0.39 is 23.8 Å². The van der Waals surface area contributed by atoms with Crippen LogP contribution in [0.15, 0.2) is 75.2 Å². The summed E-state index contributed by atoms with van der Waals surface area (Å²) in [7, 11) is 0. The Bertz CT molecular complexity index is 1470. The van der Waals surface area contributed by atoms with Gasteiger partial charge in [-0.15, -0.1) is 0 Å². The van der Waals surface area contributed by atoms with Crippen LogP contribution in [0.4, 0.5) is 16.2 Å². The lowest BCUT2D eigenvalue weighted by Crippen LogP contribution is -2.54. The lowest BCUT2D eigenvalue weighted by Gasteiger charge is -2.26. The van der Waals surface area contributed by atoms with Gasteiger partial charge in [-0.2, -0.15) is 0 Å². The van der Waals surface area contributed by atoms with Crippen molar-refractivity contribution in [2.75, 3.05) is 16.8 Å². The first-order chi connectivity index (χ1) is 17.6. The number of nitrogens with one attached hydrogen (secondary N) is 2. The van der Waals surface area contributed by atoms with Gasteiger partial charge in [-0.05, 0) is 77.0 Å². The van der Waals surface area contributed by atoms with Gasteiger partial charge < -0.3 is 10.1 Å². The van der Waals surface area contributed by atoms with Gasteiger partial charge >= 0.3 is 6.03 Å². The number of nitrogens with zero attached hydrogens (tertiary/aromatic N) is 1. The molecule has 11 heteroatoms. The molecule has 3 aromatic rings. The molecule has 0 atom stereocenters. The van der Waals surface area contributed by atoms with Gasteiger partial charge in [0.1, 0.15) is 11.3 Å². The van der Waals surface area contributed by atoms with E-state index in [9.17, 15) is 19.2 Å². The summed E-state index contributed by atoms with van der Waals surface area (Å²) in [6, 6.07) is 15.9. The number of aryl methyl sites for hydroxylation is 1. The van der Waals surface area contributed by atoms with Crippen LogP contribution in [0.2, 0.25) is 5.02 Å². The van der Waals surface area contributed by atoms with E-state index in [2.05, 4.69) is 42.5 Å². The second kappa shape index (κ2) is 11.3. The maximum absolute atomic E-state index is 13.2. The number of barbiturate groups is 1. The maximum Gasteiger partial charge on any atom is 0.335 e. The Morgan fingerprint density at radius 3 is 2.57 bits per heavy atom. The number of hydrogen-bond acceptors (Lipinski definition) is 5. The van der Waals surface area contributed by atoms with Crippen LogP contribution >= 0.6 is 43.5 Å². The molecule has 2 N–H and O–H groups in total. The van der Waals surface area contributed by atoms with E-state index in [1.54, 1.807) is 30.3 Å². The molecule has 4 rings (SSSR count). The number of benzene rings is 3. The van der Waals surface area contributed by atoms with E-state index in [0.29, 0.717) is 25.2 Å². The van der Waals surface area contributed by atoms with Gasteiger partial charge in [0.05, 0.1) is 10.2 Å².